The fraction of sp³-hybridized carbons (Fsp3) is 0.900. The van der Waals surface area contributed by atoms with Crippen molar-refractivity contribution in [2.75, 3.05) is 21.3 Å². The molecule has 0 aliphatic heterocycles. The van der Waals surface area contributed by atoms with Gasteiger partial charge < -0.3 is 13.3 Å². The van der Waals surface area contributed by atoms with E-state index in [0.29, 0.717) is 12.5 Å². The summed E-state index contributed by atoms with van der Waals surface area (Å²) >= 11 is 3.34. The third kappa shape index (κ3) is 5.05. The molecule has 0 atom stereocenters. The van der Waals surface area contributed by atoms with Crippen LogP contribution in [0.15, 0.2) is 0 Å². The van der Waals surface area contributed by atoms with Gasteiger partial charge in [-0.1, -0.05) is 15.9 Å². The normalized spacial score (nSPS) is 12.9. The fourth-order valence-electron chi connectivity index (χ4n) is 1.32. The van der Waals surface area contributed by atoms with Crippen molar-refractivity contribution in [1.29, 1.82) is 0 Å². The molecule has 6 heteroatoms. The summed E-state index contributed by atoms with van der Waals surface area (Å²) in [6, 6.07) is 0.658. The lowest BCUT2D eigenvalue weighted by Gasteiger charge is -2.24. The molecule has 0 aromatic rings. The molecule has 0 bridgehead atoms. The van der Waals surface area contributed by atoms with Gasteiger partial charge in [-0.2, -0.15) is 0 Å². The zero-order valence-corrected chi connectivity index (χ0v) is 13.2. The lowest BCUT2D eigenvalue weighted by atomic mass is 10.1. The van der Waals surface area contributed by atoms with Crippen molar-refractivity contribution in [3.05, 3.63) is 0 Å². The highest BCUT2D eigenvalue weighted by molar-refractivity contribution is 9.10. The molecule has 0 N–H and O–H groups in total. The average Bonchev–Trinajstić information content (AvgIpc) is 2.23. The van der Waals surface area contributed by atoms with E-state index >= 15 is 0 Å². The Kier molecular flexibility index (Phi) is 6.96. The van der Waals surface area contributed by atoms with Crippen LogP contribution in [0, 0.1) is 0 Å². The van der Waals surface area contributed by atoms with E-state index in [9.17, 15) is 4.79 Å². The van der Waals surface area contributed by atoms with E-state index in [1.54, 1.807) is 21.3 Å². The van der Waals surface area contributed by atoms with E-state index in [4.69, 9.17) is 13.3 Å². The first kappa shape index (κ1) is 16.2. The zero-order valence-electron chi connectivity index (χ0n) is 10.6. The van der Waals surface area contributed by atoms with Gasteiger partial charge in [-0.15, -0.1) is 0 Å². The monoisotopic (exact) mass is 312 g/mol. The number of alkyl halides is 1. The third-order valence-corrected chi connectivity index (χ3v) is 5.76. The van der Waals surface area contributed by atoms with Crippen molar-refractivity contribution < 1.29 is 18.1 Å². The van der Waals surface area contributed by atoms with Crippen LogP contribution < -0.4 is 0 Å². The second-order valence-corrected chi connectivity index (χ2v) is 9.12. The van der Waals surface area contributed by atoms with Crippen LogP contribution >= 0.6 is 15.9 Å². The summed E-state index contributed by atoms with van der Waals surface area (Å²) in [7, 11) is 2.23. The Morgan fingerprint density at radius 3 is 1.94 bits per heavy atom. The smallest absolute Gasteiger partial charge is 0.377 e. The fourth-order valence-corrected chi connectivity index (χ4v) is 3.24. The highest BCUT2D eigenvalue weighted by Gasteiger charge is 2.37. The van der Waals surface area contributed by atoms with Crippen LogP contribution in [-0.4, -0.2) is 40.2 Å². The Hall–Kier alpha value is 0.247. The molecule has 96 valence electrons. The Bertz CT molecular complexity index is 215. The highest BCUT2D eigenvalue weighted by Crippen LogP contribution is 2.22. The molecule has 0 radical (unpaired) electrons. The summed E-state index contributed by atoms with van der Waals surface area (Å²) in [4.78, 5) is 11.7. The van der Waals surface area contributed by atoms with Gasteiger partial charge in [0.25, 0.3) is 0 Å². The minimum Gasteiger partial charge on any atom is -0.377 e. The van der Waals surface area contributed by atoms with Gasteiger partial charge in [-0.05, 0) is 20.3 Å². The standard InChI is InChI=1S/C10H21BrO4Si/c1-10(2,11)9(12)7-6-8-16(13-3,14-4)15-5/h6-8H2,1-5H3. The van der Waals surface area contributed by atoms with E-state index in [0.717, 1.165) is 6.42 Å². The first-order valence-corrected chi connectivity index (χ1v) is 7.91. The van der Waals surface area contributed by atoms with Gasteiger partial charge in [-0.3, -0.25) is 4.79 Å². The third-order valence-electron chi connectivity index (χ3n) is 2.48. The number of rotatable bonds is 8. The molecule has 0 aliphatic rings. The van der Waals surface area contributed by atoms with Crippen LogP contribution in [-0.2, 0) is 18.1 Å². The summed E-state index contributed by atoms with van der Waals surface area (Å²) in [5.74, 6) is 0.179. The lowest BCUT2D eigenvalue weighted by molar-refractivity contribution is -0.120. The molecule has 0 unspecified atom stereocenters. The molecule has 16 heavy (non-hydrogen) atoms. The van der Waals surface area contributed by atoms with Crippen molar-refractivity contribution in [3.63, 3.8) is 0 Å². The molecule has 0 amide bonds. The summed E-state index contributed by atoms with van der Waals surface area (Å²) < 4.78 is 15.4. The van der Waals surface area contributed by atoms with Crippen LogP contribution in [0.25, 0.3) is 0 Å². The molecule has 0 aliphatic carbocycles. The quantitative estimate of drug-likeness (QED) is 0.510. The number of carbonyl (C=O) groups excluding carboxylic acids is 1. The summed E-state index contributed by atoms with van der Waals surface area (Å²) in [5, 5.41) is 0. The van der Waals surface area contributed by atoms with Crippen molar-refractivity contribution in [1.82, 2.24) is 0 Å². The van der Waals surface area contributed by atoms with Crippen molar-refractivity contribution in [3.8, 4) is 0 Å². The Morgan fingerprint density at radius 2 is 1.62 bits per heavy atom. The molecule has 0 aromatic heterocycles. The summed E-state index contributed by atoms with van der Waals surface area (Å²) in [6.45, 7) is 3.70. The topological polar surface area (TPSA) is 44.8 Å². The first-order valence-electron chi connectivity index (χ1n) is 5.19. The Balaban J connectivity index is 4.11. The van der Waals surface area contributed by atoms with Crippen molar-refractivity contribution >= 4 is 30.5 Å². The molecule has 0 saturated carbocycles. The van der Waals surface area contributed by atoms with Gasteiger partial charge in [0, 0.05) is 33.8 Å². The van der Waals surface area contributed by atoms with Gasteiger partial charge in [0.2, 0.25) is 0 Å². The van der Waals surface area contributed by atoms with Crippen LogP contribution in [0.1, 0.15) is 26.7 Å². The van der Waals surface area contributed by atoms with E-state index < -0.39 is 13.1 Å². The van der Waals surface area contributed by atoms with E-state index in [1.165, 1.54) is 0 Å². The van der Waals surface area contributed by atoms with Gasteiger partial charge >= 0.3 is 8.80 Å². The predicted octanol–water partition coefficient (Wildman–Crippen LogP) is 2.39. The molecule has 0 fully saturated rings. The number of hydrogen-bond acceptors (Lipinski definition) is 4. The van der Waals surface area contributed by atoms with E-state index in [2.05, 4.69) is 15.9 Å². The minimum absolute atomic E-state index is 0.179. The number of halogens is 1. The van der Waals surface area contributed by atoms with Crippen LogP contribution in [0.3, 0.4) is 0 Å². The second kappa shape index (κ2) is 6.86. The van der Waals surface area contributed by atoms with Crippen LogP contribution in [0.5, 0.6) is 0 Å². The summed E-state index contributed by atoms with van der Waals surface area (Å²) in [5.41, 5.74) is 0. The maximum absolute atomic E-state index is 11.7. The zero-order chi connectivity index (χ0) is 12.8. The number of ketones is 1. The second-order valence-electron chi connectivity index (χ2n) is 4.04. The molecule has 0 spiro atoms. The lowest BCUT2D eigenvalue weighted by Crippen LogP contribution is -2.42. The van der Waals surface area contributed by atoms with E-state index in [1.807, 2.05) is 13.8 Å². The highest BCUT2D eigenvalue weighted by atomic mass is 79.9. The van der Waals surface area contributed by atoms with Crippen molar-refractivity contribution in [2.45, 2.75) is 37.1 Å². The molecular formula is C10H21BrO4Si. The molecular weight excluding hydrogens is 292 g/mol. The molecule has 4 nitrogen and oxygen atoms in total. The van der Waals surface area contributed by atoms with Gasteiger partial charge in [0.1, 0.15) is 5.78 Å². The van der Waals surface area contributed by atoms with Crippen LogP contribution in [0.4, 0.5) is 0 Å². The van der Waals surface area contributed by atoms with Gasteiger partial charge in [-0.25, -0.2) is 0 Å². The molecule has 0 rings (SSSR count). The number of carbonyl (C=O) groups is 1. The molecule has 0 aromatic carbocycles. The molecule has 0 heterocycles. The number of hydrogen-bond donors (Lipinski definition) is 0. The average molecular weight is 313 g/mol. The molecule has 0 saturated heterocycles. The van der Waals surface area contributed by atoms with Gasteiger partial charge in [0.05, 0.1) is 4.32 Å². The SMILES string of the molecule is CO[Si](CCCC(=O)C(C)(C)Br)(OC)OC. The number of Topliss-reactive ketones (excluding diaryl/α,β-unsaturated/α-hetero) is 1. The largest absolute Gasteiger partial charge is 0.500 e. The van der Waals surface area contributed by atoms with E-state index in [-0.39, 0.29) is 5.78 Å². The Morgan fingerprint density at radius 1 is 1.19 bits per heavy atom. The Labute approximate surface area is 107 Å². The minimum atomic E-state index is -2.51. The maximum Gasteiger partial charge on any atom is 0.500 e. The first-order chi connectivity index (χ1) is 7.31. The summed E-state index contributed by atoms with van der Waals surface area (Å²) in [6.07, 6.45) is 1.22. The predicted molar refractivity (Wildman–Crippen MR) is 68.8 cm³/mol. The van der Waals surface area contributed by atoms with Crippen molar-refractivity contribution in [2.24, 2.45) is 0 Å². The maximum atomic E-state index is 11.7. The van der Waals surface area contributed by atoms with Gasteiger partial charge in [0.15, 0.2) is 0 Å². The van der Waals surface area contributed by atoms with Crippen LogP contribution in [0.2, 0.25) is 6.04 Å².